The van der Waals surface area contributed by atoms with Crippen LogP contribution in [0.25, 0.3) is 0 Å². The van der Waals surface area contributed by atoms with Crippen molar-refractivity contribution >= 4 is 11.8 Å². The molecule has 1 aliphatic heterocycles. The number of piperidine rings is 1. The van der Waals surface area contributed by atoms with Gasteiger partial charge in [-0.05, 0) is 30.9 Å². The zero-order valence-electron chi connectivity index (χ0n) is 12.5. The number of carbonyl (C=O) groups is 1. The average molecular weight is 312 g/mol. The predicted molar refractivity (Wildman–Crippen MR) is 80.9 cm³/mol. The van der Waals surface area contributed by atoms with Crippen LogP contribution < -0.4 is 4.90 Å². The van der Waals surface area contributed by atoms with Crippen LogP contribution in [0.2, 0.25) is 0 Å². The van der Waals surface area contributed by atoms with Crippen LogP contribution in [0.4, 0.5) is 5.82 Å². The van der Waals surface area contributed by atoms with Crippen molar-refractivity contribution in [1.82, 2.24) is 20.0 Å². The number of aromatic nitrogens is 4. The van der Waals surface area contributed by atoms with Crippen LogP contribution >= 0.6 is 0 Å². The molecule has 1 N–H and O–H groups in total. The Labute approximate surface area is 133 Å². The number of nitriles is 1. The van der Waals surface area contributed by atoms with E-state index in [0.717, 1.165) is 25.9 Å². The summed E-state index contributed by atoms with van der Waals surface area (Å²) in [7, 11) is 0. The third-order valence-electron chi connectivity index (χ3n) is 3.93. The molecule has 0 amide bonds. The van der Waals surface area contributed by atoms with E-state index in [2.05, 4.69) is 26.3 Å². The summed E-state index contributed by atoms with van der Waals surface area (Å²) in [4.78, 5) is 17.3. The summed E-state index contributed by atoms with van der Waals surface area (Å²) in [5.41, 5.74) is 0.524. The lowest BCUT2D eigenvalue weighted by Gasteiger charge is -2.33. The van der Waals surface area contributed by atoms with E-state index in [1.54, 1.807) is 23.0 Å². The molecule has 0 aromatic carbocycles. The van der Waals surface area contributed by atoms with Crippen molar-refractivity contribution in [1.29, 1.82) is 5.26 Å². The van der Waals surface area contributed by atoms with Gasteiger partial charge >= 0.3 is 5.97 Å². The molecule has 0 aliphatic carbocycles. The summed E-state index contributed by atoms with van der Waals surface area (Å²) in [6.45, 7) is 2.22. The van der Waals surface area contributed by atoms with E-state index in [9.17, 15) is 10.1 Å². The molecule has 1 aliphatic rings. The molecule has 118 valence electrons. The number of carboxylic acids is 1. The average Bonchev–Trinajstić information content (AvgIpc) is 3.04. The molecule has 2 aromatic heterocycles. The number of nitrogens with zero attached hydrogens (tertiary/aromatic N) is 6. The summed E-state index contributed by atoms with van der Waals surface area (Å²) in [6, 6.07) is 5.70. The van der Waals surface area contributed by atoms with Crippen LogP contribution in [0.1, 0.15) is 28.9 Å². The molecule has 1 saturated heterocycles. The highest BCUT2D eigenvalue weighted by Gasteiger charge is 2.23. The summed E-state index contributed by atoms with van der Waals surface area (Å²) in [6.07, 6.45) is 5.15. The molecule has 3 heterocycles. The van der Waals surface area contributed by atoms with Gasteiger partial charge in [-0.3, -0.25) is 4.68 Å². The number of rotatable bonds is 4. The maximum Gasteiger partial charge on any atom is 0.358 e. The minimum absolute atomic E-state index is 0.0471. The van der Waals surface area contributed by atoms with Crippen molar-refractivity contribution in [3.05, 3.63) is 35.8 Å². The lowest BCUT2D eigenvalue weighted by molar-refractivity contribution is 0.0690. The molecule has 2 aromatic rings. The number of anilines is 1. The molecule has 3 rings (SSSR count). The SMILES string of the molecule is N#Cc1cccnc1N1CCCC(Cn2cc(C(=O)O)nn2)C1. The van der Waals surface area contributed by atoms with Crippen LogP contribution in [0, 0.1) is 17.2 Å². The fourth-order valence-corrected chi connectivity index (χ4v) is 2.89. The van der Waals surface area contributed by atoms with Gasteiger partial charge in [0.15, 0.2) is 5.69 Å². The maximum atomic E-state index is 10.9. The van der Waals surface area contributed by atoms with Gasteiger partial charge in [0.1, 0.15) is 11.9 Å². The van der Waals surface area contributed by atoms with Gasteiger partial charge in [-0.2, -0.15) is 5.26 Å². The lowest BCUT2D eigenvalue weighted by Crippen LogP contribution is -2.38. The van der Waals surface area contributed by atoms with Crippen LogP contribution in [-0.4, -0.2) is 44.1 Å². The second-order valence-electron chi connectivity index (χ2n) is 5.57. The Morgan fingerprint density at radius 2 is 2.39 bits per heavy atom. The largest absolute Gasteiger partial charge is 0.476 e. The van der Waals surface area contributed by atoms with Gasteiger partial charge in [0.2, 0.25) is 0 Å². The highest BCUT2D eigenvalue weighted by molar-refractivity contribution is 5.84. The first-order chi connectivity index (χ1) is 11.2. The molecule has 0 saturated carbocycles. The van der Waals surface area contributed by atoms with Crippen molar-refractivity contribution in [2.75, 3.05) is 18.0 Å². The molecule has 23 heavy (non-hydrogen) atoms. The fourth-order valence-electron chi connectivity index (χ4n) is 2.89. The standard InChI is InChI=1S/C15H16N6O2/c16-7-12-4-1-5-17-14(12)20-6-2-3-11(8-20)9-21-10-13(15(22)23)18-19-21/h1,4-5,10-11H,2-3,6,8-9H2,(H,22,23). The first kappa shape index (κ1) is 15.0. The summed E-state index contributed by atoms with van der Waals surface area (Å²) < 4.78 is 1.57. The van der Waals surface area contributed by atoms with Gasteiger partial charge in [0.05, 0.1) is 11.8 Å². The number of hydrogen-bond acceptors (Lipinski definition) is 6. The first-order valence-corrected chi connectivity index (χ1v) is 7.41. The van der Waals surface area contributed by atoms with Gasteiger partial charge in [0.25, 0.3) is 0 Å². The summed E-state index contributed by atoms with van der Waals surface area (Å²) in [5, 5.41) is 25.6. The Morgan fingerprint density at radius 3 is 3.13 bits per heavy atom. The third-order valence-corrected chi connectivity index (χ3v) is 3.93. The maximum absolute atomic E-state index is 10.9. The fraction of sp³-hybridized carbons (Fsp3) is 0.400. The molecule has 0 bridgehead atoms. The minimum Gasteiger partial charge on any atom is -0.476 e. The lowest BCUT2D eigenvalue weighted by atomic mass is 9.97. The van der Waals surface area contributed by atoms with Gasteiger partial charge in [-0.1, -0.05) is 5.21 Å². The third kappa shape index (κ3) is 3.29. The zero-order chi connectivity index (χ0) is 16.2. The van der Waals surface area contributed by atoms with E-state index in [1.165, 1.54) is 6.20 Å². The second kappa shape index (κ2) is 6.44. The highest BCUT2D eigenvalue weighted by atomic mass is 16.4. The normalized spacial score (nSPS) is 17.7. The van der Waals surface area contributed by atoms with Crippen molar-refractivity contribution in [3.8, 4) is 6.07 Å². The molecule has 1 fully saturated rings. The van der Waals surface area contributed by atoms with Gasteiger partial charge in [0, 0.05) is 25.8 Å². The van der Waals surface area contributed by atoms with Crippen molar-refractivity contribution < 1.29 is 9.90 Å². The molecule has 1 atom stereocenters. The van der Waals surface area contributed by atoms with Crippen molar-refractivity contribution in [2.24, 2.45) is 5.92 Å². The molecule has 0 spiro atoms. The number of pyridine rings is 1. The topological polar surface area (TPSA) is 108 Å². The smallest absolute Gasteiger partial charge is 0.358 e. The van der Waals surface area contributed by atoms with Crippen LogP contribution in [0.15, 0.2) is 24.5 Å². The molecule has 8 heteroatoms. The number of carboxylic acid groups (broad SMARTS) is 1. The summed E-state index contributed by atoms with van der Waals surface area (Å²) in [5.74, 6) is -0.0566. The second-order valence-corrected chi connectivity index (χ2v) is 5.57. The van der Waals surface area contributed by atoms with E-state index in [-0.39, 0.29) is 5.69 Å². The molecular formula is C15H16N6O2. The Morgan fingerprint density at radius 1 is 1.52 bits per heavy atom. The van der Waals surface area contributed by atoms with Gasteiger partial charge in [-0.15, -0.1) is 5.10 Å². The Hall–Kier alpha value is -2.95. The van der Waals surface area contributed by atoms with Crippen LogP contribution in [0.5, 0.6) is 0 Å². The molecule has 8 nitrogen and oxygen atoms in total. The quantitative estimate of drug-likeness (QED) is 0.902. The Kier molecular flexibility index (Phi) is 4.19. The molecular weight excluding hydrogens is 296 g/mol. The van der Waals surface area contributed by atoms with E-state index in [1.807, 2.05) is 0 Å². The van der Waals surface area contributed by atoms with Gasteiger partial charge in [-0.25, -0.2) is 9.78 Å². The number of hydrogen-bond donors (Lipinski definition) is 1. The van der Waals surface area contributed by atoms with Crippen molar-refractivity contribution in [2.45, 2.75) is 19.4 Å². The van der Waals surface area contributed by atoms with E-state index in [4.69, 9.17) is 5.11 Å². The highest BCUT2D eigenvalue weighted by Crippen LogP contribution is 2.24. The summed E-state index contributed by atoms with van der Waals surface area (Å²) >= 11 is 0. The Bertz CT molecular complexity index is 750. The van der Waals surface area contributed by atoms with Crippen molar-refractivity contribution in [3.63, 3.8) is 0 Å². The zero-order valence-corrected chi connectivity index (χ0v) is 12.5. The molecule has 1 unspecified atom stereocenters. The predicted octanol–water partition coefficient (Wildman–Crippen LogP) is 1.16. The van der Waals surface area contributed by atoms with Crippen LogP contribution in [0.3, 0.4) is 0 Å². The van der Waals surface area contributed by atoms with Gasteiger partial charge < -0.3 is 10.0 Å². The van der Waals surface area contributed by atoms with E-state index >= 15 is 0 Å². The van der Waals surface area contributed by atoms with E-state index < -0.39 is 5.97 Å². The minimum atomic E-state index is -1.08. The van der Waals surface area contributed by atoms with Crippen LogP contribution in [-0.2, 0) is 6.54 Å². The Balaban J connectivity index is 1.70. The first-order valence-electron chi connectivity index (χ1n) is 7.41. The number of aromatic carboxylic acids is 1. The monoisotopic (exact) mass is 312 g/mol. The molecule has 0 radical (unpaired) electrons. The van der Waals surface area contributed by atoms with E-state index in [0.29, 0.717) is 23.8 Å².